The van der Waals surface area contributed by atoms with Gasteiger partial charge in [0.1, 0.15) is 5.82 Å². The van der Waals surface area contributed by atoms with Crippen LogP contribution in [0.1, 0.15) is 24.8 Å². The van der Waals surface area contributed by atoms with Gasteiger partial charge in [-0.15, -0.1) is 0 Å². The monoisotopic (exact) mass is 317 g/mol. The molecular formula is C17H24FN5. The Kier molecular flexibility index (Phi) is 6.82. The summed E-state index contributed by atoms with van der Waals surface area (Å²) in [5.41, 5.74) is 6.71. The van der Waals surface area contributed by atoms with Crippen LogP contribution in [0.5, 0.6) is 0 Å². The molecule has 3 N–H and O–H groups in total. The molecule has 1 aliphatic rings. The summed E-state index contributed by atoms with van der Waals surface area (Å²) in [7, 11) is 0. The molecule has 0 aliphatic carbocycles. The molecule has 0 saturated carbocycles. The van der Waals surface area contributed by atoms with Gasteiger partial charge in [-0.1, -0.05) is 12.1 Å². The van der Waals surface area contributed by atoms with E-state index < -0.39 is 0 Å². The van der Waals surface area contributed by atoms with Gasteiger partial charge in [0.25, 0.3) is 0 Å². The fourth-order valence-electron chi connectivity index (χ4n) is 2.96. The molecule has 1 saturated heterocycles. The number of hydrogen-bond acceptors (Lipinski definition) is 3. The van der Waals surface area contributed by atoms with Crippen LogP contribution in [0.4, 0.5) is 4.39 Å². The highest BCUT2D eigenvalue weighted by Gasteiger charge is 2.19. The molecule has 1 aromatic rings. The molecule has 1 aromatic carbocycles. The molecule has 5 nitrogen and oxygen atoms in total. The second kappa shape index (κ2) is 9.11. The SMILES string of the molecule is N#CNC(N)=NCCCN1CCC(Cc2ccc(F)cc2)CC1. The number of nitrogens with one attached hydrogen (secondary N) is 1. The molecule has 0 radical (unpaired) electrons. The summed E-state index contributed by atoms with van der Waals surface area (Å²) in [4.78, 5) is 6.53. The Morgan fingerprint density at radius 3 is 2.70 bits per heavy atom. The number of benzene rings is 1. The number of likely N-dealkylation sites (tertiary alicyclic amines) is 1. The van der Waals surface area contributed by atoms with Crippen LogP contribution >= 0.6 is 0 Å². The lowest BCUT2D eigenvalue weighted by molar-refractivity contribution is 0.183. The van der Waals surface area contributed by atoms with Gasteiger partial charge >= 0.3 is 0 Å². The molecule has 1 heterocycles. The molecule has 6 heteroatoms. The van der Waals surface area contributed by atoms with Crippen LogP contribution in [0.2, 0.25) is 0 Å². The molecule has 0 amide bonds. The van der Waals surface area contributed by atoms with Gasteiger partial charge in [-0.3, -0.25) is 10.3 Å². The molecule has 0 spiro atoms. The Labute approximate surface area is 137 Å². The van der Waals surface area contributed by atoms with Crippen molar-refractivity contribution in [1.82, 2.24) is 10.2 Å². The first-order valence-electron chi connectivity index (χ1n) is 8.09. The van der Waals surface area contributed by atoms with E-state index in [0.29, 0.717) is 12.5 Å². The summed E-state index contributed by atoms with van der Waals surface area (Å²) in [6.07, 6.45) is 6.08. The van der Waals surface area contributed by atoms with E-state index in [4.69, 9.17) is 11.0 Å². The van der Waals surface area contributed by atoms with Gasteiger partial charge in [0.2, 0.25) is 5.96 Å². The zero-order valence-electron chi connectivity index (χ0n) is 13.3. The minimum Gasteiger partial charge on any atom is -0.369 e. The van der Waals surface area contributed by atoms with Crippen LogP contribution in [0.15, 0.2) is 29.3 Å². The maximum absolute atomic E-state index is 12.9. The summed E-state index contributed by atoms with van der Waals surface area (Å²) in [6.45, 7) is 3.84. The quantitative estimate of drug-likeness (QED) is 0.276. The van der Waals surface area contributed by atoms with Gasteiger partial charge < -0.3 is 10.6 Å². The second-order valence-electron chi connectivity index (χ2n) is 5.97. The third kappa shape index (κ3) is 6.25. The molecule has 1 aliphatic heterocycles. The third-order valence-corrected chi connectivity index (χ3v) is 4.24. The van der Waals surface area contributed by atoms with Gasteiger partial charge in [-0.2, -0.15) is 5.26 Å². The van der Waals surface area contributed by atoms with E-state index in [9.17, 15) is 4.39 Å². The van der Waals surface area contributed by atoms with Crippen LogP contribution in [-0.2, 0) is 6.42 Å². The second-order valence-corrected chi connectivity index (χ2v) is 5.97. The summed E-state index contributed by atoms with van der Waals surface area (Å²) in [5.74, 6) is 0.701. The predicted octanol–water partition coefficient (Wildman–Crippen LogP) is 1.86. The number of piperidine rings is 1. The van der Waals surface area contributed by atoms with E-state index in [-0.39, 0.29) is 11.8 Å². The van der Waals surface area contributed by atoms with Crippen LogP contribution in [0, 0.1) is 23.2 Å². The van der Waals surface area contributed by atoms with E-state index in [1.807, 2.05) is 12.1 Å². The average molecular weight is 317 g/mol. The fraction of sp³-hybridized carbons (Fsp3) is 0.529. The standard InChI is InChI=1S/C17H24FN5/c18-16-4-2-14(3-5-16)12-15-6-10-23(11-7-15)9-1-8-21-17(20)22-13-19/h2-5,15H,1,6-12H2,(H3,20,21,22). The number of hydrogen-bond donors (Lipinski definition) is 2. The fourth-order valence-corrected chi connectivity index (χ4v) is 2.96. The van der Waals surface area contributed by atoms with Crippen LogP contribution in [-0.4, -0.2) is 37.0 Å². The molecular weight excluding hydrogens is 293 g/mol. The van der Waals surface area contributed by atoms with E-state index in [1.54, 1.807) is 6.19 Å². The van der Waals surface area contributed by atoms with Gasteiger partial charge in [0, 0.05) is 6.54 Å². The topological polar surface area (TPSA) is 77.4 Å². The number of aliphatic imine (C=N–C) groups is 1. The molecule has 124 valence electrons. The Hall–Kier alpha value is -2.13. The number of nitrogens with zero attached hydrogens (tertiary/aromatic N) is 3. The summed E-state index contributed by atoms with van der Waals surface area (Å²) in [5, 5.41) is 10.7. The van der Waals surface area contributed by atoms with Crippen molar-refractivity contribution in [3.05, 3.63) is 35.6 Å². The van der Waals surface area contributed by atoms with Crippen molar-refractivity contribution in [1.29, 1.82) is 5.26 Å². The number of nitrogens with two attached hydrogens (primary N) is 1. The Morgan fingerprint density at radius 1 is 1.35 bits per heavy atom. The number of guanidine groups is 1. The van der Waals surface area contributed by atoms with Crippen molar-refractivity contribution in [2.75, 3.05) is 26.2 Å². The van der Waals surface area contributed by atoms with Crippen LogP contribution in [0.25, 0.3) is 0 Å². The summed E-state index contributed by atoms with van der Waals surface area (Å²) < 4.78 is 12.9. The van der Waals surface area contributed by atoms with Crippen LogP contribution in [0.3, 0.4) is 0 Å². The average Bonchev–Trinajstić information content (AvgIpc) is 2.55. The number of halogens is 1. The van der Waals surface area contributed by atoms with E-state index >= 15 is 0 Å². The first-order chi connectivity index (χ1) is 11.2. The van der Waals surface area contributed by atoms with Crippen molar-refractivity contribution in [2.45, 2.75) is 25.7 Å². The maximum atomic E-state index is 12.9. The zero-order chi connectivity index (χ0) is 16.5. The smallest absolute Gasteiger partial charge is 0.202 e. The third-order valence-electron chi connectivity index (χ3n) is 4.24. The summed E-state index contributed by atoms with van der Waals surface area (Å²) >= 11 is 0. The zero-order valence-corrected chi connectivity index (χ0v) is 13.3. The van der Waals surface area contributed by atoms with Crippen LogP contribution < -0.4 is 11.1 Å². The Morgan fingerprint density at radius 2 is 2.04 bits per heavy atom. The van der Waals surface area contributed by atoms with Crippen molar-refractivity contribution in [2.24, 2.45) is 16.6 Å². The predicted molar refractivity (Wildman–Crippen MR) is 89.1 cm³/mol. The van der Waals surface area contributed by atoms with Gasteiger partial charge in [-0.25, -0.2) is 4.39 Å². The maximum Gasteiger partial charge on any atom is 0.202 e. The van der Waals surface area contributed by atoms with E-state index in [0.717, 1.165) is 32.5 Å². The van der Waals surface area contributed by atoms with Gasteiger partial charge in [0.15, 0.2) is 6.19 Å². The molecule has 0 atom stereocenters. The van der Waals surface area contributed by atoms with E-state index in [2.05, 4.69) is 15.2 Å². The molecule has 0 aromatic heterocycles. The van der Waals surface area contributed by atoms with E-state index in [1.165, 1.54) is 30.5 Å². The summed E-state index contributed by atoms with van der Waals surface area (Å²) in [6, 6.07) is 6.86. The largest absolute Gasteiger partial charge is 0.369 e. The lowest BCUT2D eigenvalue weighted by Gasteiger charge is -2.31. The Balaban J connectivity index is 1.63. The van der Waals surface area contributed by atoms with Crippen molar-refractivity contribution < 1.29 is 4.39 Å². The van der Waals surface area contributed by atoms with Crippen molar-refractivity contribution >= 4 is 5.96 Å². The molecule has 23 heavy (non-hydrogen) atoms. The molecule has 2 rings (SSSR count). The molecule has 0 bridgehead atoms. The van der Waals surface area contributed by atoms with Crippen molar-refractivity contribution in [3.63, 3.8) is 0 Å². The number of nitriles is 1. The minimum atomic E-state index is -0.170. The Bertz CT molecular complexity index is 541. The highest BCUT2D eigenvalue weighted by Crippen LogP contribution is 2.21. The normalized spacial score (nSPS) is 17.0. The van der Waals surface area contributed by atoms with Gasteiger partial charge in [0.05, 0.1) is 0 Å². The first-order valence-corrected chi connectivity index (χ1v) is 8.09. The first kappa shape index (κ1) is 17.2. The molecule has 0 unspecified atom stereocenters. The highest BCUT2D eigenvalue weighted by atomic mass is 19.1. The lowest BCUT2D eigenvalue weighted by atomic mass is 9.90. The lowest BCUT2D eigenvalue weighted by Crippen LogP contribution is -2.35. The highest BCUT2D eigenvalue weighted by molar-refractivity contribution is 5.79. The van der Waals surface area contributed by atoms with Crippen molar-refractivity contribution in [3.8, 4) is 6.19 Å². The van der Waals surface area contributed by atoms with Gasteiger partial charge in [-0.05, 0) is 68.9 Å². The minimum absolute atomic E-state index is 0.170. The molecule has 1 fully saturated rings. The number of rotatable bonds is 6.